The van der Waals surface area contributed by atoms with E-state index < -0.39 is 0 Å². The molecule has 0 amide bonds. The Labute approximate surface area is 92.3 Å². The van der Waals surface area contributed by atoms with E-state index in [2.05, 4.69) is 35.5 Å². The Morgan fingerprint density at radius 1 is 1.60 bits per heavy atom. The van der Waals surface area contributed by atoms with Crippen molar-refractivity contribution >= 4 is 0 Å². The van der Waals surface area contributed by atoms with Crippen LogP contribution in [0.3, 0.4) is 0 Å². The molecule has 0 aliphatic carbocycles. The van der Waals surface area contributed by atoms with E-state index in [4.69, 9.17) is 0 Å². The Morgan fingerprint density at radius 2 is 2.33 bits per heavy atom. The minimum Gasteiger partial charge on any atom is -0.320 e. The number of nitrogens with one attached hydrogen (secondary N) is 1. The zero-order chi connectivity index (χ0) is 11.3. The Hall–Kier alpha value is -0.870. The molecule has 0 aliphatic heterocycles. The third kappa shape index (κ3) is 3.64. The van der Waals surface area contributed by atoms with Gasteiger partial charge in [-0.2, -0.15) is 5.10 Å². The third-order valence-corrected chi connectivity index (χ3v) is 2.81. The summed E-state index contributed by atoms with van der Waals surface area (Å²) in [7, 11) is 6.11. The van der Waals surface area contributed by atoms with Crippen LogP contribution in [0.1, 0.15) is 24.9 Å². The lowest BCUT2D eigenvalue weighted by molar-refractivity contribution is 0.258. The quantitative estimate of drug-likeness (QED) is 0.712. The molecule has 0 spiro atoms. The van der Waals surface area contributed by atoms with E-state index in [0.29, 0.717) is 6.04 Å². The Kier molecular flexibility index (Phi) is 4.78. The fourth-order valence-corrected chi connectivity index (χ4v) is 1.61. The highest BCUT2D eigenvalue weighted by atomic mass is 15.2. The van der Waals surface area contributed by atoms with Crippen molar-refractivity contribution in [2.75, 3.05) is 27.2 Å². The summed E-state index contributed by atoms with van der Waals surface area (Å²) in [5.74, 6) is 0. The smallest absolute Gasteiger partial charge is 0.0537 e. The summed E-state index contributed by atoms with van der Waals surface area (Å²) >= 11 is 0. The average Bonchev–Trinajstić information content (AvgIpc) is 2.64. The van der Waals surface area contributed by atoms with Gasteiger partial charge in [0, 0.05) is 24.8 Å². The number of aryl methyl sites for hydroxylation is 1. The average molecular weight is 210 g/mol. The summed E-state index contributed by atoms with van der Waals surface area (Å²) in [6.45, 7) is 4.40. The Balaban J connectivity index is 2.42. The van der Waals surface area contributed by atoms with Crippen LogP contribution in [-0.4, -0.2) is 41.9 Å². The van der Waals surface area contributed by atoms with Gasteiger partial charge in [-0.3, -0.25) is 9.58 Å². The first-order valence-corrected chi connectivity index (χ1v) is 5.48. The monoisotopic (exact) mass is 210 g/mol. The topological polar surface area (TPSA) is 33.1 Å². The zero-order valence-corrected chi connectivity index (χ0v) is 10.2. The second kappa shape index (κ2) is 5.88. The number of hydrogen-bond donors (Lipinski definition) is 1. The van der Waals surface area contributed by atoms with E-state index in [1.54, 1.807) is 0 Å². The van der Waals surface area contributed by atoms with Crippen LogP contribution in [0.25, 0.3) is 0 Å². The van der Waals surface area contributed by atoms with Crippen molar-refractivity contribution in [2.24, 2.45) is 7.05 Å². The first-order chi connectivity index (χ1) is 7.15. The van der Waals surface area contributed by atoms with Crippen LogP contribution in [-0.2, 0) is 7.05 Å². The Bertz CT molecular complexity index is 282. The minimum atomic E-state index is 0.440. The molecule has 0 aromatic carbocycles. The predicted octanol–water partition coefficient (Wildman–Crippen LogP) is 1.02. The lowest BCUT2D eigenvalue weighted by Crippen LogP contribution is -2.25. The van der Waals surface area contributed by atoms with Gasteiger partial charge in [0.25, 0.3) is 0 Å². The van der Waals surface area contributed by atoms with Gasteiger partial charge in [0.2, 0.25) is 0 Å². The first-order valence-electron chi connectivity index (χ1n) is 5.48. The van der Waals surface area contributed by atoms with Crippen molar-refractivity contribution in [3.8, 4) is 0 Å². The van der Waals surface area contributed by atoms with Gasteiger partial charge >= 0.3 is 0 Å². The van der Waals surface area contributed by atoms with E-state index >= 15 is 0 Å². The lowest BCUT2D eigenvalue weighted by atomic mass is 10.1. The first kappa shape index (κ1) is 12.2. The molecular weight excluding hydrogens is 188 g/mol. The number of hydrogen-bond acceptors (Lipinski definition) is 3. The second-order valence-electron chi connectivity index (χ2n) is 4.06. The van der Waals surface area contributed by atoms with Gasteiger partial charge in [-0.25, -0.2) is 0 Å². The molecule has 0 bridgehead atoms. The van der Waals surface area contributed by atoms with Crippen LogP contribution >= 0.6 is 0 Å². The molecule has 15 heavy (non-hydrogen) atoms. The molecule has 0 saturated carbocycles. The van der Waals surface area contributed by atoms with E-state index in [1.807, 2.05) is 25.0 Å². The number of aromatic nitrogens is 2. The predicted molar refractivity (Wildman–Crippen MR) is 62.8 cm³/mol. The van der Waals surface area contributed by atoms with E-state index in [1.165, 1.54) is 12.0 Å². The fourth-order valence-electron chi connectivity index (χ4n) is 1.61. The second-order valence-corrected chi connectivity index (χ2v) is 4.06. The summed E-state index contributed by atoms with van der Waals surface area (Å²) in [6.07, 6.45) is 5.20. The van der Waals surface area contributed by atoms with Gasteiger partial charge < -0.3 is 5.32 Å². The molecule has 0 saturated heterocycles. The molecule has 1 aromatic rings. The van der Waals surface area contributed by atoms with Crippen molar-refractivity contribution in [2.45, 2.75) is 19.4 Å². The van der Waals surface area contributed by atoms with Gasteiger partial charge in [-0.05, 0) is 40.5 Å². The van der Waals surface area contributed by atoms with E-state index in [0.717, 1.165) is 13.1 Å². The van der Waals surface area contributed by atoms with E-state index in [9.17, 15) is 0 Å². The molecule has 4 nitrogen and oxygen atoms in total. The number of nitrogens with zero attached hydrogens (tertiary/aromatic N) is 3. The van der Waals surface area contributed by atoms with Gasteiger partial charge in [-0.1, -0.05) is 0 Å². The van der Waals surface area contributed by atoms with Crippen molar-refractivity contribution in [1.82, 2.24) is 20.0 Å². The van der Waals surface area contributed by atoms with Gasteiger partial charge in [-0.15, -0.1) is 0 Å². The molecular formula is C11H22N4. The van der Waals surface area contributed by atoms with Crippen LogP contribution in [0.5, 0.6) is 0 Å². The van der Waals surface area contributed by atoms with Gasteiger partial charge in [0.1, 0.15) is 0 Å². The van der Waals surface area contributed by atoms with Crippen LogP contribution in [0.2, 0.25) is 0 Å². The van der Waals surface area contributed by atoms with Crippen molar-refractivity contribution in [3.05, 3.63) is 18.0 Å². The molecule has 1 N–H and O–H groups in total. The summed E-state index contributed by atoms with van der Waals surface area (Å²) in [5, 5.41) is 7.36. The highest BCUT2D eigenvalue weighted by Gasteiger charge is 2.12. The Morgan fingerprint density at radius 3 is 2.87 bits per heavy atom. The molecule has 0 fully saturated rings. The maximum absolute atomic E-state index is 4.19. The van der Waals surface area contributed by atoms with Crippen LogP contribution in [0.15, 0.2) is 12.4 Å². The molecule has 4 heteroatoms. The largest absolute Gasteiger partial charge is 0.320 e. The van der Waals surface area contributed by atoms with Crippen LogP contribution in [0.4, 0.5) is 0 Å². The van der Waals surface area contributed by atoms with Crippen molar-refractivity contribution < 1.29 is 0 Å². The van der Waals surface area contributed by atoms with Crippen LogP contribution < -0.4 is 5.32 Å². The maximum Gasteiger partial charge on any atom is 0.0537 e. The highest BCUT2D eigenvalue weighted by Crippen LogP contribution is 2.17. The summed E-state index contributed by atoms with van der Waals surface area (Å²) in [6, 6.07) is 0.440. The van der Waals surface area contributed by atoms with Crippen molar-refractivity contribution in [3.63, 3.8) is 0 Å². The molecule has 1 atom stereocenters. The summed E-state index contributed by atoms with van der Waals surface area (Å²) in [5.41, 5.74) is 1.28. The fraction of sp³-hybridized carbons (Fsp3) is 0.727. The molecule has 1 rings (SSSR count). The molecule has 1 heterocycles. The highest BCUT2D eigenvalue weighted by molar-refractivity contribution is 5.08. The van der Waals surface area contributed by atoms with Gasteiger partial charge in [0.15, 0.2) is 0 Å². The lowest BCUT2D eigenvalue weighted by Gasteiger charge is -2.23. The van der Waals surface area contributed by atoms with E-state index in [-0.39, 0.29) is 0 Å². The maximum atomic E-state index is 4.19. The standard InChI is InChI=1S/C11H22N4/c1-10(11-8-13-15(4)9-11)14(3)7-5-6-12-2/h8-10,12H,5-7H2,1-4H3. The normalized spacial score (nSPS) is 13.4. The summed E-state index contributed by atoms with van der Waals surface area (Å²) < 4.78 is 1.85. The minimum absolute atomic E-state index is 0.440. The SMILES string of the molecule is CNCCCN(C)C(C)c1cnn(C)c1. The van der Waals surface area contributed by atoms with Crippen molar-refractivity contribution in [1.29, 1.82) is 0 Å². The molecule has 0 radical (unpaired) electrons. The zero-order valence-electron chi connectivity index (χ0n) is 10.2. The van der Waals surface area contributed by atoms with Gasteiger partial charge in [0.05, 0.1) is 6.20 Å². The molecule has 1 aromatic heterocycles. The molecule has 1 unspecified atom stereocenters. The number of rotatable bonds is 6. The summed E-state index contributed by atoms with van der Waals surface area (Å²) in [4.78, 5) is 2.36. The molecule has 86 valence electrons. The van der Waals surface area contributed by atoms with Crippen LogP contribution in [0, 0.1) is 0 Å². The third-order valence-electron chi connectivity index (χ3n) is 2.81. The molecule has 0 aliphatic rings.